The van der Waals surface area contributed by atoms with Gasteiger partial charge < -0.3 is 58.6 Å². The Kier molecular flexibility index (Phi) is 13.8. The van der Waals surface area contributed by atoms with Crippen LogP contribution in [0.5, 0.6) is 11.5 Å². The van der Waals surface area contributed by atoms with Crippen molar-refractivity contribution in [3.63, 3.8) is 0 Å². The molecule has 3 amide bonds. The van der Waals surface area contributed by atoms with Gasteiger partial charge in [-0.3, -0.25) is 9.59 Å². The number of hydrogen-bond donors (Lipinski definition) is 4. The number of carboxylic acid groups (broad SMARTS) is 1. The third-order valence-electron chi connectivity index (χ3n) is 11.3. The summed E-state index contributed by atoms with van der Waals surface area (Å²) >= 11 is 0. The van der Waals surface area contributed by atoms with E-state index in [1.165, 1.54) is 18.1 Å². The average molecular weight is 855 g/mol. The molecule has 0 spiro atoms. The van der Waals surface area contributed by atoms with Crippen LogP contribution in [0.2, 0.25) is 0 Å². The van der Waals surface area contributed by atoms with Crippen LogP contribution in [0.4, 0.5) is 21.9 Å². The second-order valence-corrected chi connectivity index (χ2v) is 15.6. The zero-order chi connectivity index (χ0) is 43.9. The van der Waals surface area contributed by atoms with Crippen molar-refractivity contribution < 1.29 is 53.1 Å². The van der Waals surface area contributed by atoms with Crippen LogP contribution in [0.25, 0.3) is 11.1 Å². The quantitative estimate of drug-likeness (QED) is 0.0534. The molecule has 2 aromatic heterocycles. The summed E-state index contributed by atoms with van der Waals surface area (Å²) in [6.07, 6.45) is 6.85. The summed E-state index contributed by atoms with van der Waals surface area (Å²) in [6.45, 7) is 4.78. The molecule has 3 aliphatic heterocycles. The molecule has 17 heteroatoms. The van der Waals surface area contributed by atoms with Gasteiger partial charge in [-0.2, -0.15) is 0 Å². The molecule has 3 aliphatic rings. The van der Waals surface area contributed by atoms with Gasteiger partial charge in [-0.05, 0) is 80.8 Å². The Morgan fingerprint density at radius 3 is 2.47 bits per heavy atom. The van der Waals surface area contributed by atoms with E-state index in [4.69, 9.17) is 23.7 Å². The summed E-state index contributed by atoms with van der Waals surface area (Å²) in [4.78, 5) is 55.9. The van der Waals surface area contributed by atoms with Crippen molar-refractivity contribution in [1.82, 2.24) is 14.0 Å². The SMILES string of the molecule is C=CCOC(=O)N1c2cc(OCCCC(=O)Nc3cc(C(O)Nc4ccc(-c5cc(C(=O)O)n(C)c5)cc4)n(C)c3)c(OC)cc2C(=O)N2CCCC[C@H]2C1OC1CCCCO1. The molecule has 17 nitrogen and oxygen atoms in total. The van der Waals surface area contributed by atoms with Gasteiger partial charge in [0.05, 0.1) is 42.4 Å². The molecule has 7 rings (SSSR count). The second kappa shape index (κ2) is 19.6. The van der Waals surface area contributed by atoms with Crippen molar-refractivity contribution in [2.24, 2.45) is 14.1 Å². The van der Waals surface area contributed by atoms with Crippen molar-refractivity contribution >= 4 is 40.9 Å². The van der Waals surface area contributed by atoms with Crippen LogP contribution in [-0.4, -0.2) is 100 Å². The minimum absolute atomic E-state index is 0.0482. The van der Waals surface area contributed by atoms with E-state index in [1.807, 2.05) is 12.1 Å². The van der Waals surface area contributed by atoms with Crippen LogP contribution in [0, 0.1) is 0 Å². The summed E-state index contributed by atoms with van der Waals surface area (Å²) < 4.78 is 33.2. The number of nitrogens with one attached hydrogen (secondary N) is 2. The van der Waals surface area contributed by atoms with E-state index in [0.717, 1.165) is 36.8 Å². The molecule has 2 fully saturated rings. The van der Waals surface area contributed by atoms with Crippen molar-refractivity contribution in [2.45, 2.75) is 76.2 Å². The number of benzene rings is 2. The second-order valence-electron chi connectivity index (χ2n) is 15.6. The third kappa shape index (κ3) is 9.75. The monoisotopic (exact) mass is 854 g/mol. The summed E-state index contributed by atoms with van der Waals surface area (Å²) in [7, 11) is 4.90. The van der Waals surface area contributed by atoms with Gasteiger partial charge in [-0.25, -0.2) is 14.5 Å². The molecule has 2 saturated heterocycles. The first kappa shape index (κ1) is 43.8. The fraction of sp³-hybridized carbons (Fsp3) is 0.422. The molecule has 5 heterocycles. The minimum Gasteiger partial charge on any atom is -0.493 e. The Labute approximate surface area is 359 Å². The van der Waals surface area contributed by atoms with Crippen molar-refractivity contribution in [2.75, 3.05) is 49.0 Å². The summed E-state index contributed by atoms with van der Waals surface area (Å²) in [5, 5.41) is 26.3. The van der Waals surface area contributed by atoms with Crippen LogP contribution in [-0.2, 0) is 33.1 Å². The van der Waals surface area contributed by atoms with Gasteiger partial charge in [0, 0.05) is 63.4 Å². The molecule has 0 aliphatic carbocycles. The number of carbonyl (C=O) groups excluding carboxylic acids is 3. The van der Waals surface area contributed by atoms with E-state index >= 15 is 0 Å². The highest BCUT2D eigenvalue weighted by molar-refractivity contribution is 6.06. The molecule has 2 aromatic carbocycles. The number of aromatic nitrogens is 2. The molecular weight excluding hydrogens is 801 g/mol. The topological polar surface area (TPSA) is 195 Å². The van der Waals surface area contributed by atoms with Gasteiger partial charge in [-0.1, -0.05) is 24.8 Å². The number of ether oxygens (including phenoxy) is 5. The van der Waals surface area contributed by atoms with E-state index < -0.39 is 36.9 Å². The Morgan fingerprint density at radius 1 is 0.968 bits per heavy atom. The number of anilines is 3. The smallest absolute Gasteiger partial charge is 0.416 e. The standard InChI is InChI=1S/C45H54N6O11/c1-5-19-61-45(57)51-34-25-38(37(58-4)24-32(34)42(54)50-18-8-6-11-33(50)43(51)62-40-13-7-9-20-60-40)59-21-10-12-39(52)46-31-23-35(49(3)27-31)41(53)47-30-16-14-28(15-17-30)29-22-36(44(55)56)48(2)26-29/h5,14-17,22-27,33,40-41,43,47,53H,1,6-13,18-21H2,2-4H3,(H,46,52)(H,55,56)/t33-,40?,41?,43?/m0/s1. The summed E-state index contributed by atoms with van der Waals surface area (Å²) in [5.41, 5.74) is 3.90. The van der Waals surface area contributed by atoms with Crippen LogP contribution in [0.15, 0.2) is 73.6 Å². The highest BCUT2D eigenvalue weighted by atomic mass is 16.7. The van der Waals surface area contributed by atoms with E-state index in [9.17, 15) is 29.4 Å². The molecule has 0 bridgehead atoms. The van der Waals surface area contributed by atoms with Crippen molar-refractivity contribution in [1.29, 1.82) is 0 Å². The molecule has 0 radical (unpaired) electrons. The van der Waals surface area contributed by atoms with Crippen LogP contribution < -0.4 is 25.0 Å². The Balaban J connectivity index is 0.997. The number of rotatable bonds is 16. The fourth-order valence-electron chi connectivity index (χ4n) is 8.18. The van der Waals surface area contributed by atoms with Crippen LogP contribution >= 0.6 is 0 Å². The number of aryl methyl sites for hydroxylation is 2. The summed E-state index contributed by atoms with van der Waals surface area (Å²) in [5.74, 6) is -0.981. The predicted molar refractivity (Wildman–Crippen MR) is 229 cm³/mol. The molecule has 3 unspecified atom stereocenters. The van der Waals surface area contributed by atoms with Gasteiger partial charge >= 0.3 is 12.1 Å². The maximum atomic E-state index is 14.2. The van der Waals surface area contributed by atoms with Crippen molar-refractivity contribution in [3.8, 4) is 22.6 Å². The Hall–Kier alpha value is -6.30. The van der Waals surface area contributed by atoms with Crippen molar-refractivity contribution in [3.05, 3.63) is 90.5 Å². The lowest BCUT2D eigenvalue weighted by Crippen LogP contribution is -2.57. The molecule has 4 atom stereocenters. The first-order chi connectivity index (χ1) is 29.9. The predicted octanol–water partition coefficient (Wildman–Crippen LogP) is 6.64. The van der Waals surface area contributed by atoms with Crippen LogP contribution in [0.3, 0.4) is 0 Å². The number of aliphatic hydroxyl groups excluding tert-OH is 1. The molecule has 330 valence electrons. The summed E-state index contributed by atoms with van der Waals surface area (Å²) in [6, 6.07) is 13.2. The number of fused-ring (bicyclic) bond motifs is 2. The largest absolute Gasteiger partial charge is 0.493 e. The lowest BCUT2D eigenvalue weighted by molar-refractivity contribution is -0.198. The maximum Gasteiger partial charge on any atom is 0.416 e. The number of carboxylic acids is 1. The van der Waals surface area contributed by atoms with E-state index in [-0.39, 0.29) is 59.9 Å². The molecule has 4 N–H and O–H groups in total. The van der Waals surface area contributed by atoms with E-state index in [1.54, 1.807) is 76.9 Å². The average Bonchev–Trinajstić information content (AvgIpc) is 3.83. The number of nitrogens with zero attached hydrogens (tertiary/aromatic N) is 4. The minimum atomic E-state index is -1.10. The lowest BCUT2D eigenvalue weighted by Gasteiger charge is -2.42. The van der Waals surface area contributed by atoms with Gasteiger partial charge in [-0.15, -0.1) is 0 Å². The van der Waals surface area contributed by atoms with Gasteiger partial charge in [0.15, 0.2) is 30.2 Å². The number of methoxy groups -OCH3 is 1. The Bertz CT molecular complexity index is 2260. The van der Waals surface area contributed by atoms with Gasteiger partial charge in [0.2, 0.25) is 5.91 Å². The first-order valence-electron chi connectivity index (χ1n) is 20.9. The number of aromatic carboxylic acids is 1. The number of carbonyl (C=O) groups is 4. The zero-order valence-corrected chi connectivity index (χ0v) is 35.2. The molecule has 62 heavy (non-hydrogen) atoms. The fourth-order valence-corrected chi connectivity index (χ4v) is 8.18. The number of amides is 3. The lowest BCUT2D eigenvalue weighted by atomic mass is 10.00. The van der Waals surface area contributed by atoms with Crippen LogP contribution in [0.1, 0.15) is 84.1 Å². The normalized spacial score (nSPS) is 19.1. The molecular formula is C45H54N6O11. The maximum absolute atomic E-state index is 14.2. The first-order valence-corrected chi connectivity index (χ1v) is 20.9. The third-order valence-corrected chi connectivity index (χ3v) is 11.3. The Morgan fingerprint density at radius 2 is 1.76 bits per heavy atom. The number of hydrogen-bond acceptors (Lipinski definition) is 11. The number of aliphatic hydroxyl groups is 1. The van der Waals surface area contributed by atoms with E-state index in [0.29, 0.717) is 49.5 Å². The van der Waals surface area contributed by atoms with E-state index in [2.05, 4.69) is 17.2 Å². The highest BCUT2D eigenvalue weighted by Crippen LogP contribution is 2.42. The van der Waals surface area contributed by atoms with Gasteiger partial charge in [0.25, 0.3) is 5.91 Å². The highest BCUT2D eigenvalue weighted by Gasteiger charge is 2.47. The molecule has 4 aromatic rings. The number of piperidine rings is 1. The zero-order valence-electron chi connectivity index (χ0n) is 35.2. The molecule has 0 saturated carbocycles. The van der Waals surface area contributed by atoms with Gasteiger partial charge in [0.1, 0.15) is 12.3 Å².